The summed E-state index contributed by atoms with van der Waals surface area (Å²) >= 11 is 0. The van der Waals surface area contributed by atoms with Crippen molar-refractivity contribution in [3.05, 3.63) is 29.8 Å². The third kappa shape index (κ3) is 5.34. The molecule has 4 heteroatoms. The molecule has 4 nitrogen and oxygen atoms in total. The third-order valence-corrected chi connectivity index (χ3v) is 4.06. The fourth-order valence-corrected chi connectivity index (χ4v) is 3.01. The lowest BCUT2D eigenvalue weighted by Gasteiger charge is -2.28. The monoisotopic (exact) mass is 305 g/mol. The number of nitrogens with zero attached hydrogens (tertiary/aromatic N) is 1. The first kappa shape index (κ1) is 16.8. The number of piperidine rings is 1. The minimum atomic E-state index is -0.104. The fraction of sp³-hybridized carbons (Fsp3) is 0.611. The molecule has 0 radical (unpaired) electrons. The first-order valence-electron chi connectivity index (χ1n) is 8.49. The second kappa shape index (κ2) is 8.79. The number of hydrogen-bond acceptors (Lipinski definition) is 2. The first-order valence-corrected chi connectivity index (χ1v) is 8.49. The summed E-state index contributed by atoms with van der Waals surface area (Å²) in [7, 11) is 0. The lowest BCUT2D eigenvalue weighted by atomic mass is 10.1. The van der Waals surface area contributed by atoms with Crippen LogP contribution < -0.4 is 4.99 Å². The lowest BCUT2D eigenvalue weighted by molar-refractivity contribution is -0.384. The van der Waals surface area contributed by atoms with Gasteiger partial charge in [-0.1, -0.05) is 38.0 Å². The van der Waals surface area contributed by atoms with E-state index in [1.54, 1.807) is 0 Å². The maximum absolute atomic E-state index is 10.1. The maximum Gasteiger partial charge on any atom is 0.551 e. The topological polar surface area (TPSA) is 46.7 Å². The highest BCUT2D eigenvalue weighted by Crippen LogP contribution is 2.11. The van der Waals surface area contributed by atoms with Crippen LogP contribution in [0.1, 0.15) is 45.1 Å². The van der Waals surface area contributed by atoms with E-state index in [4.69, 9.17) is 4.74 Å². The normalized spacial score (nSPS) is 18.2. The molecule has 122 valence electrons. The van der Waals surface area contributed by atoms with E-state index >= 15 is 0 Å². The van der Waals surface area contributed by atoms with Crippen LogP contribution in [0.4, 0.5) is 5.69 Å². The molecule has 1 aliphatic rings. The highest BCUT2D eigenvalue weighted by atomic mass is 16.6. The minimum absolute atomic E-state index is 0.0241. The number of aliphatic hydroxyl groups excluding tert-OH is 1. The van der Waals surface area contributed by atoms with Gasteiger partial charge in [0.15, 0.2) is 0 Å². The van der Waals surface area contributed by atoms with Gasteiger partial charge in [0, 0.05) is 18.2 Å². The van der Waals surface area contributed by atoms with E-state index in [1.807, 2.05) is 25.1 Å². The molecule has 22 heavy (non-hydrogen) atoms. The van der Waals surface area contributed by atoms with Crippen LogP contribution in [0.3, 0.4) is 0 Å². The van der Waals surface area contributed by atoms with Gasteiger partial charge in [0.25, 0.3) is 0 Å². The average molecular weight is 305 g/mol. The fourth-order valence-electron chi connectivity index (χ4n) is 3.01. The van der Waals surface area contributed by atoms with Crippen molar-refractivity contribution in [3.8, 4) is 0 Å². The van der Waals surface area contributed by atoms with E-state index in [0.717, 1.165) is 38.2 Å². The van der Waals surface area contributed by atoms with Gasteiger partial charge in [0.1, 0.15) is 6.10 Å². The molecule has 0 amide bonds. The number of aryl methyl sites for hydroxylation is 1. The molecule has 1 aromatic rings. The van der Waals surface area contributed by atoms with Gasteiger partial charge in [0.2, 0.25) is 5.69 Å². The summed E-state index contributed by atoms with van der Waals surface area (Å²) in [5, 5.41) is 10.1. The van der Waals surface area contributed by atoms with Gasteiger partial charge in [-0.2, -0.15) is 0 Å². The molecule has 0 aliphatic carbocycles. The van der Waals surface area contributed by atoms with Gasteiger partial charge in [-0.15, -0.1) is 4.99 Å². The highest BCUT2D eigenvalue weighted by molar-refractivity contribution is 5.59. The Hall–Kier alpha value is -1.55. The zero-order valence-electron chi connectivity index (χ0n) is 13.8. The van der Waals surface area contributed by atoms with Gasteiger partial charge in [-0.3, -0.25) is 4.90 Å². The van der Waals surface area contributed by atoms with E-state index in [9.17, 15) is 5.11 Å². The molecular weight excluding hydrogens is 276 g/mol. The minimum Gasteiger partial charge on any atom is -0.430 e. The molecule has 1 heterocycles. The van der Waals surface area contributed by atoms with Crippen LogP contribution in [0.2, 0.25) is 0 Å². The van der Waals surface area contributed by atoms with Crippen molar-refractivity contribution >= 4 is 11.8 Å². The Morgan fingerprint density at radius 3 is 2.73 bits per heavy atom. The second-order valence-corrected chi connectivity index (χ2v) is 6.13. The molecule has 1 aliphatic heterocycles. The number of aliphatic hydroxyl groups is 1. The average Bonchev–Trinajstić information content (AvgIpc) is 2.50. The van der Waals surface area contributed by atoms with Gasteiger partial charge < -0.3 is 9.84 Å². The predicted octanol–water partition coefficient (Wildman–Crippen LogP) is 2.16. The van der Waals surface area contributed by atoms with Crippen molar-refractivity contribution in [3.63, 3.8) is 0 Å². The summed E-state index contributed by atoms with van der Waals surface area (Å²) in [6.45, 7) is 7.30. The molecule has 0 bridgehead atoms. The van der Waals surface area contributed by atoms with Crippen molar-refractivity contribution in [2.75, 3.05) is 19.6 Å². The molecule has 1 atom stereocenters. The van der Waals surface area contributed by atoms with Crippen LogP contribution in [0.5, 0.6) is 0 Å². The quantitative estimate of drug-likeness (QED) is 0.625. The van der Waals surface area contributed by atoms with E-state index in [-0.39, 0.29) is 12.2 Å². The molecule has 1 fully saturated rings. The van der Waals surface area contributed by atoms with Crippen LogP contribution in [-0.2, 0) is 11.2 Å². The largest absolute Gasteiger partial charge is 0.551 e. The molecule has 1 aromatic carbocycles. The van der Waals surface area contributed by atoms with Gasteiger partial charge >= 0.3 is 6.08 Å². The SMILES string of the molecule is CCCc1ccccc1[NH+]=C(O)O[C@@H](C)CN1CCCCC1. The highest BCUT2D eigenvalue weighted by Gasteiger charge is 2.18. The number of likely N-dealkylation sites (tertiary alicyclic amines) is 1. The van der Waals surface area contributed by atoms with Gasteiger partial charge in [-0.25, -0.2) is 0 Å². The molecule has 0 saturated carbocycles. The van der Waals surface area contributed by atoms with E-state index in [2.05, 4.69) is 22.9 Å². The zero-order chi connectivity index (χ0) is 15.8. The molecule has 1 saturated heterocycles. The van der Waals surface area contributed by atoms with Crippen LogP contribution in [0.15, 0.2) is 24.3 Å². The molecule has 2 N–H and O–H groups in total. The number of hydrogen-bond donors (Lipinski definition) is 2. The smallest absolute Gasteiger partial charge is 0.430 e. The van der Waals surface area contributed by atoms with Gasteiger partial charge in [-0.05, 0) is 39.3 Å². The summed E-state index contributed by atoms with van der Waals surface area (Å²) in [4.78, 5) is 5.40. The van der Waals surface area contributed by atoms with E-state index in [1.165, 1.54) is 24.8 Å². The summed E-state index contributed by atoms with van der Waals surface area (Å²) < 4.78 is 5.61. The first-order chi connectivity index (χ1) is 10.7. The number of nitrogens with one attached hydrogen (secondary N) is 1. The van der Waals surface area contributed by atoms with Crippen LogP contribution in [0, 0.1) is 0 Å². The zero-order valence-corrected chi connectivity index (χ0v) is 13.8. The van der Waals surface area contributed by atoms with Crippen molar-refractivity contribution in [1.29, 1.82) is 0 Å². The Morgan fingerprint density at radius 2 is 2.00 bits per heavy atom. The van der Waals surface area contributed by atoms with Crippen LogP contribution in [0.25, 0.3) is 0 Å². The summed E-state index contributed by atoms with van der Waals surface area (Å²) in [5.41, 5.74) is 2.12. The summed E-state index contributed by atoms with van der Waals surface area (Å²) in [5.74, 6) is 0. The Kier molecular flexibility index (Phi) is 6.72. The summed E-state index contributed by atoms with van der Waals surface area (Å²) in [6, 6.07) is 8.04. The molecule has 2 rings (SSSR count). The second-order valence-electron chi connectivity index (χ2n) is 6.13. The lowest BCUT2D eigenvalue weighted by Crippen LogP contribution is -2.68. The molecule has 0 unspecified atom stereocenters. The number of para-hydroxylation sites is 1. The predicted molar refractivity (Wildman–Crippen MR) is 89.5 cm³/mol. The summed E-state index contributed by atoms with van der Waals surface area (Å²) in [6.07, 6.45) is 5.80. The Bertz CT molecular complexity index is 482. The van der Waals surface area contributed by atoms with Crippen molar-refractivity contribution in [2.24, 2.45) is 0 Å². The Labute approximate surface area is 133 Å². The van der Waals surface area contributed by atoms with Crippen molar-refractivity contribution < 1.29 is 14.8 Å². The van der Waals surface area contributed by atoms with Crippen LogP contribution >= 0.6 is 0 Å². The maximum atomic E-state index is 10.1. The molecule has 0 spiro atoms. The molecular formula is C18H29N2O2+. The van der Waals surface area contributed by atoms with Gasteiger partial charge in [0.05, 0.1) is 0 Å². The third-order valence-electron chi connectivity index (χ3n) is 4.06. The number of ether oxygens (including phenoxy) is 1. The van der Waals surface area contributed by atoms with Crippen molar-refractivity contribution in [1.82, 2.24) is 4.90 Å². The van der Waals surface area contributed by atoms with Crippen LogP contribution in [-0.4, -0.2) is 41.8 Å². The Morgan fingerprint density at radius 1 is 1.27 bits per heavy atom. The molecule has 0 aromatic heterocycles. The standard InChI is InChI=1S/C18H28N2O2/c1-3-9-16-10-5-6-11-17(16)19-18(21)22-15(2)14-20-12-7-4-8-13-20/h5-6,10-11,15H,3-4,7-9,12-14H2,1-2H3,(H,19,21)/p+1/t15-/m0/s1. The van der Waals surface area contributed by atoms with E-state index in [0.29, 0.717) is 0 Å². The van der Waals surface area contributed by atoms with E-state index < -0.39 is 0 Å². The number of benzene rings is 1. The number of rotatable bonds is 6. The Balaban J connectivity index is 1.91. The van der Waals surface area contributed by atoms with Crippen molar-refractivity contribution in [2.45, 2.75) is 52.1 Å².